The summed E-state index contributed by atoms with van der Waals surface area (Å²) >= 11 is 5.88. The summed E-state index contributed by atoms with van der Waals surface area (Å²) in [6, 6.07) is 25.8. The van der Waals surface area contributed by atoms with Gasteiger partial charge in [-0.15, -0.1) is 0 Å². The fourth-order valence-corrected chi connectivity index (χ4v) is 3.14. The summed E-state index contributed by atoms with van der Waals surface area (Å²) in [5.41, 5.74) is 1.14. The van der Waals surface area contributed by atoms with Crippen molar-refractivity contribution in [2.45, 2.75) is 0 Å². The molecule has 4 rings (SSSR count). The van der Waals surface area contributed by atoms with E-state index >= 15 is 0 Å². The summed E-state index contributed by atoms with van der Waals surface area (Å²) in [5.74, 6) is 1.64. The molecular weight excluding hydrogens is 386 g/mol. The average Bonchev–Trinajstić information content (AvgIpc) is 2.75. The number of ether oxygens (including phenoxy) is 2. The summed E-state index contributed by atoms with van der Waals surface area (Å²) < 4.78 is 11.2. The Bertz CT molecular complexity index is 1160. The Labute approximate surface area is 173 Å². The molecule has 0 saturated heterocycles. The second-order valence-corrected chi connectivity index (χ2v) is 6.87. The lowest BCUT2D eigenvalue weighted by molar-refractivity contribution is 0.102. The number of hydrogen-bond donors (Lipinski definition) is 1. The van der Waals surface area contributed by atoms with Crippen LogP contribution in [0.15, 0.2) is 84.9 Å². The van der Waals surface area contributed by atoms with Gasteiger partial charge >= 0.3 is 0 Å². The molecule has 0 spiro atoms. The third-order valence-electron chi connectivity index (χ3n) is 4.47. The summed E-state index contributed by atoms with van der Waals surface area (Å²) in [6.45, 7) is 0. The highest BCUT2D eigenvalue weighted by Crippen LogP contribution is 2.28. The van der Waals surface area contributed by atoms with Crippen LogP contribution >= 0.6 is 11.6 Å². The largest absolute Gasteiger partial charge is 0.496 e. The molecule has 0 aliphatic heterocycles. The van der Waals surface area contributed by atoms with Crippen molar-refractivity contribution in [2.24, 2.45) is 0 Å². The third kappa shape index (κ3) is 4.33. The number of anilines is 1. The van der Waals surface area contributed by atoms with Crippen LogP contribution in [0.25, 0.3) is 10.8 Å². The second-order valence-electron chi connectivity index (χ2n) is 6.43. The number of benzene rings is 4. The molecular formula is C24H18ClNO3. The van der Waals surface area contributed by atoms with Crippen LogP contribution < -0.4 is 14.8 Å². The summed E-state index contributed by atoms with van der Waals surface area (Å²) in [6.07, 6.45) is 0. The second kappa shape index (κ2) is 8.25. The molecule has 29 heavy (non-hydrogen) atoms. The predicted molar refractivity (Wildman–Crippen MR) is 116 cm³/mol. The Morgan fingerprint density at radius 1 is 0.828 bits per heavy atom. The topological polar surface area (TPSA) is 47.6 Å². The molecule has 0 fully saturated rings. The molecule has 5 heteroatoms. The first-order chi connectivity index (χ1) is 14.1. The number of hydrogen-bond acceptors (Lipinski definition) is 3. The van der Waals surface area contributed by atoms with Crippen LogP contribution in [0.1, 0.15) is 10.4 Å². The summed E-state index contributed by atoms with van der Waals surface area (Å²) in [5, 5.41) is 5.55. The van der Waals surface area contributed by atoms with E-state index in [-0.39, 0.29) is 5.91 Å². The molecule has 4 aromatic rings. The number of methoxy groups -OCH3 is 1. The molecule has 144 valence electrons. The molecule has 0 saturated carbocycles. The number of fused-ring (bicyclic) bond motifs is 1. The SMILES string of the molecule is COc1cc2ccccc2cc1C(=O)Nc1ccc(Oc2ccc(Cl)cc2)cc1. The number of carbonyl (C=O) groups excluding carboxylic acids is 1. The Balaban J connectivity index is 1.51. The highest BCUT2D eigenvalue weighted by Gasteiger charge is 2.14. The normalized spacial score (nSPS) is 10.6. The predicted octanol–water partition coefficient (Wildman–Crippen LogP) is 6.55. The Morgan fingerprint density at radius 3 is 2.03 bits per heavy atom. The molecule has 0 atom stereocenters. The van der Waals surface area contributed by atoms with Crippen LogP contribution in [0.3, 0.4) is 0 Å². The quantitative estimate of drug-likeness (QED) is 0.411. The van der Waals surface area contributed by atoms with E-state index in [4.69, 9.17) is 21.1 Å². The van der Waals surface area contributed by atoms with Gasteiger partial charge in [0.15, 0.2) is 0 Å². The molecule has 0 aliphatic rings. The van der Waals surface area contributed by atoms with Crippen molar-refractivity contribution in [1.82, 2.24) is 0 Å². The maximum atomic E-state index is 12.8. The summed E-state index contributed by atoms with van der Waals surface area (Å²) in [4.78, 5) is 12.8. The minimum absolute atomic E-state index is 0.237. The number of rotatable bonds is 5. The van der Waals surface area contributed by atoms with Gasteiger partial charge in [-0.3, -0.25) is 4.79 Å². The van der Waals surface area contributed by atoms with Gasteiger partial charge in [0.1, 0.15) is 17.2 Å². The van der Waals surface area contributed by atoms with Gasteiger partial charge in [0.05, 0.1) is 12.7 Å². The molecule has 0 aliphatic carbocycles. The van der Waals surface area contributed by atoms with E-state index in [2.05, 4.69) is 5.32 Å². The highest BCUT2D eigenvalue weighted by atomic mass is 35.5. The minimum Gasteiger partial charge on any atom is -0.496 e. The molecule has 1 N–H and O–H groups in total. The number of carbonyl (C=O) groups is 1. The molecule has 4 aromatic carbocycles. The van der Waals surface area contributed by atoms with Crippen LogP contribution in [0, 0.1) is 0 Å². The molecule has 0 unspecified atom stereocenters. The fraction of sp³-hybridized carbons (Fsp3) is 0.0417. The van der Waals surface area contributed by atoms with Crippen LogP contribution in [0.4, 0.5) is 5.69 Å². The first-order valence-electron chi connectivity index (χ1n) is 9.04. The van der Waals surface area contributed by atoms with Crippen molar-refractivity contribution in [3.05, 3.63) is 95.5 Å². The van der Waals surface area contributed by atoms with Gasteiger partial charge in [0, 0.05) is 10.7 Å². The van der Waals surface area contributed by atoms with E-state index < -0.39 is 0 Å². The van der Waals surface area contributed by atoms with Gasteiger partial charge in [-0.05, 0) is 71.4 Å². The lowest BCUT2D eigenvalue weighted by Crippen LogP contribution is -2.13. The van der Waals surface area contributed by atoms with Crippen LogP contribution in [-0.4, -0.2) is 13.0 Å². The van der Waals surface area contributed by atoms with Gasteiger partial charge in [0.2, 0.25) is 0 Å². The van der Waals surface area contributed by atoms with E-state index in [0.29, 0.717) is 33.5 Å². The third-order valence-corrected chi connectivity index (χ3v) is 4.73. The minimum atomic E-state index is -0.237. The first kappa shape index (κ1) is 18.8. The zero-order valence-corrected chi connectivity index (χ0v) is 16.4. The zero-order chi connectivity index (χ0) is 20.2. The van der Waals surface area contributed by atoms with Gasteiger partial charge in [-0.1, -0.05) is 35.9 Å². The maximum Gasteiger partial charge on any atom is 0.259 e. The molecule has 0 radical (unpaired) electrons. The van der Waals surface area contributed by atoms with Gasteiger partial charge in [-0.2, -0.15) is 0 Å². The van der Waals surface area contributed by atoms with E-state index in [0.717, 1.165) is 10.8 Å². The average molecular weight is 404 g/mol. The number of halogens is 1. The van der Waals surface area contributed by atoms with E-state index in [1.165, 1.54) is 0 Å². The molecule has 0 bridgehead atoms. The zero-order valence-electron chi connectivity index (χ0n) is 15.7. The van der Waals surface area contributed by atoms with Crippen LogP contribution in [0.2, 0.25) is 5.02 Å². The van der Waals surface area contributed by atoms with Gasteiger partial charge in [0.25, 0.3) is 5.91 Å². The van der Waals surface area contributed by atoms with E-state index in [9.17, 15) is 4.79 Å². The van der Waals surface area contributed by atoms with Crippen LogP contribution in [0.5, 0.6) is 17.2 Å². The number of nitrogens with one attached hydrogen (secondary N) is 1. The van der Waals surface area contributed by atoms with E-state index in [1.807, 2.05) is 36.4 Å². The van der Waals surface area contributed by atoms with Crippen molar-refractivity contribution in [2.75, 3.05) is 12.4 Å². The van der Waals surface area contributed by atoms with Crippen LogP contribution in [-0.2, 0) is 0 Å². The van der Waals surface area contributed by atoms with Gasteiger partial charge < -0.3 is 14.8 Å². The van der Waals surface area contributed by atoms with Crippen molar-refractivity contribution in [3.63, 3.8) is 0 Å². The van der Waals surface area contributed by atoms with Crippen molar-refractivity contribution >= 4 is 34.0 Å². The van der Waals surface area contributed by atoms with Crippen molar-refractivity contribution in [1.29, 1.82) is 0 Å². The lowest BCUT2D eigenvalue weighted by Gasteiger charge is -2.12. The van der Waals surface area contributed by atoms with E-state index in [1.54, 1.807) is 55.6 Å². The fourth-order valence-electron chi connectivity index (χ4n) is 3.01. The smallest absolute Gasteiger partial charge is 0.259 e. The Kier molecular flexibility index (Phi) is 5.36. The monoisotopic (exact) mass is 403 g/mol. The molecule has 0 heterocycles. The standard InChI is InChI=1S/C24H18ClNO3/c1-28-23-15-17-5-3-2-4-16(17)14-22(23)24(27)26-19-8-12-21(13-9-19)29-20-10-6-18(25)7-11-20/h2-15H,1H3,(H,26,27). The first-order valence-corrected chi connectivity index (χ1v) is 9.42. The molecule has 4 nitrogen and oxygen atoms in total. The van der Waals surface area contributed by atoms with Crippen molar-refractivity contribution in [3.8, 4) is 17.2 Å². The van der Waals surface area contributed by atoms with Gasteiger partial charge in [-0.25, -0.2) is 0 Å². The maximum absolute atomic E-state index is 12.8. The Morgan fingerprint density at radius 2 is 1.41 bits per heavy atom. The molecule has 1 amide bonds. The summed E-state index contributed by atoms with van der Waals surface area (Å²) in [7, 11) is 1.56. The highest BCUT2D eigenvalue weighted by molar-refractivity contribution is 6.30. The Hall–Kier alpha value is -3.50. The molecule has 0 aromatic heterocycles. The number of amides is 1. The lowest BCUT2D eigenvalue weighted by atomic mass is 10.1. The van der Waals surface area contributed by atoms with Crippen molar-refractivity contribution < 1.29 is 14.3 Å².